The van der Waals surface area contributed by atoms with Crippen molar-refractivity contribution in [1.29, 1.82) is 0 Å². The molecule has 1 aliphatic rings. The summed E-state index contributed by atoms with van der Waals surface area (Å²) in [6.07, 6.45) is 0. The first-order chi connectivity index (χ1) is 2.50. The molecule has 0 radical (unpaired) electrons. The van der Waals surface area contributed by atoms with Gasteiger partial charge in [-0.1, -0.05) is 0 Å². The average Bonchev–Trinajstić information content (AvgIpc) is 1.76. The Morgan fingerprint density at radius 1 is 1.20 bits per heavy atom. The van der Waals surface area contributed by atoms with Crippen LogP contribution in [0.25, 0.3) is 0 Å². The second-order valence-electron chi connectivity index (χ2n) is 0.723. The zero-order valence-corrected chi connectivity index (χ0v) is 7.34. The summed E-state index contributed by atoms with van der Waals surface area (Å²) in [5, 5.41) is 0. The van der Waals surface area contributed by atoms with Crippen LogP contribution in [0.1, 0.15) is 0 Å². The Labute approximate surface area is 52.5 Å². The molecule has 0 nitrogen and oxygen atoms in total. The maximum atomic E-state index is 2.42. The fourth-order valence-corrected chi connectivity index (χ4v) is 8.84. The fourth-order valence-electron chi connectivity index (χ4n) is 0.196. The van der Waals surface area contributed by atoms with Gasteiger partial charge < -0.3 is 0 Å². The van der Waals surface area contributed by atoms with Gasteiger partial charge in [-0.3, -0.25) is 0 Å². The van der Waals surface area contributed by atoms with Gasteiger partial charge in [-0.2, -0.15) is 0 Å². The SMILES string of the molecule is C1=C[IH]C[IH]1. The summed E-state index contributed by atoms with van der Waals surface area (Å²) in [6.45, 7) is 0. The van der Waals surface area contributed by atoms with E-state index < -0.39 is 0 Å². The van der Waals surface area contributed by atoms with E-state index in [0.717, 1.165) is 0 Å². The molecule has 1 aliphatic heterocycles. The molecule has 2 heteroatoms. The molecule has 0 unspecified atom stereocenters. The van der Waals surface area contributed by atoms with Gasteiger partial charge in [0.1, 0.15) is 0 Å². The van der Waals surface area contributed by atoms with Gasteiger partial charge in [-0.25, -0.2) is 0 Å². The summed E-state index contributed by atoms with van der Waals surface area (Å²) >= 11 is 0.963. The average molecular weight is 296 g/mol. The Morgan fingerprint density at radius 3 is 2.00 bits per heavy atom. The van der Waals surface area contributed by atoms with Crippen LogP contribution in [0.2, 0.25) is 0 Å². The number of rotatable bonds is 0. The first-order valence-electron chi connectivity index (χ1n) is 1.38. The molecule has 1 heterocycles. The third-order valence-corrected chi connectivity index (χ3v) is 9.91. The molecule has 1 rings (SSSR count). The molecule has 0 aromatic rings. The van der Waals surface area contributed by atoms with Crippen molar-refractivity contribution in [3.8, 4) is 0 Å². The summed E-state index contributed by atoms with van der Waals surface area (Å²) in [7, 11) is 0. The number of hydrogen-bond donors (Lipinski definition) is 0. The van der Waals surface area contributed by atoms with Crippen LogP contribution in [0.5, 0.6) is 0 Å². The summed E-state index contributed by atoms with van der Waals surface area (Å²) in [6, 6.07) is 0. The van der Waals surface area contributed by atoms with Crippen molar-refractivity contribution in [2.75, 3.05) is 2.43 Å². The molecule has 0 aromatic carbocycles. The van der Waals surface area contributed by atoms with E-state index in [0.29, 0.717) is 42.4 Å². The Bertz CT molecular complexity index is 42.9. The second-order valence-corrected chi connectivity index (χ2v) is 9.37. The summed E-state index contributed by atoms with van der Waals surface area (Å²) in [5.74, 6) is 0. The van der Waals surface area contributed by atoms with Crippen LogP contribution in [0.15, 0.2) is 8.17 Å². The maximum absolute atomic E-state index is 2.42. The summed E-state index contributed by atoms with van der Waals surface area (Å²) in [4.78, 5) is 0. The zero-order valence-electron chi connectivity index (χ0n) is 2.68. The quantitative estimate of drug-likeness (QED) is 0.472. The number of alkyl halides is 2. The molecule has 0 N–H and O–H groups in total. The third kappa shape index (κ3) is 1.39. The van der Waals surface area contributed by atoms with Gasteiger partial charge in [0, 0.05) is 0 Å². The van der Waals surface area contributed by atoms with Gasteiger partial charge in [0.15, 0.2) is 0 Å². The predicted molar refractivity (Wildman–Crippen MR) is 44.8 cm³/mol. The molecular weight excluding hydrogens is 290 g/mol. The van der Waals surface area contributed by atoms with Gasteiger partial charge in [-0.15, -0.1) is 0 Å². The molecular formula is C3H6I2. The van der Waals surface area contributed by atoms with Crippen LogP contribution in [0.3, 0.4) is 0 Å². The molecule has 0 saturated heterocycles. The van der Waals surface area contributed by atoms with Crippen molar-refractivity contribution in [2.45, 2.75) is 0 Å². The molecule has 32 valence electrons. The molecule has 0 atom stereocenters. The number of hydrogen-bond acceptors (Lipinski definition) is 0. The van der Waals surface area contributed by atoms with Crippen LogP contribution in [0, 0.1) is 0 Å². The van der Waals surface area contributed by atoms with Crippen molar-refractivity contribution in [1.82, 2.24) is 0 Å². The Hall–Kier alpha value is 1.20. The predicted octanol–water partition coefficient (Wildman–Crippen LogP) is 1.83. The van der Waals surface area contributed by atoms with Crippen LogP contribution >= 0.6 is 42.4 Å². The minimum absolute atomic E-state index is 0.482. The first-order valence-corrected chi connectivity index (χ1v) is 7.37. The molecule has 0 aliphatic carbocycles. The van der Waals surface area contributed by atoms with Crippen molar-refractivity contribution in [3.05, 3.63) is 8.17 Å². The molecule has 0 amide bonds. The monoisotopic (exact) mass is 296 g/mol. The molecule has 0 aromatic heterocycles. The van der Waals surface area contributed by atoms with Crippen molar-refractivity contribution < 1.29 is 0 Å². The molecule has 0 spiro atoms. The summed E-state index contributed by atoms with van der Waals surface area (Å²) < 4.78 is 6.50. The Kier molecular flexibility index (Phi) is 2.08. The number of halogens is 2. The standard InChI is InChI=1S/C3H6I2/c1-2-5-3-4-1/h1-2,4-5H,3H2. The van der Waals surface area contributed by atoms with Crippen molar-refractivity contribution in [2.24, 2.45) is 0 Å². The van der Waals surface area contributed by atoms with Crippen molar-refractivity contribution >= 4 is 42.4 Å². The van der Waals surface area contributed by atoms with Crippen molar-refractivity contribution in [3.63, 3.8) is 0 Å². The summed E-state index contributed by atoms with van der Waals surface area (Å²) in [5.41, 5.74) is 0. The van der Waals surface area contributed by atoms with Gasteiger partial charge in [0.05, 0.1) is 0 Å². The normalized spacial score (nSPS) is 24.0. The van der Waals surface area contributed by atoms with E-state index in [1.165, 1.54) is 0 Å². The van der Waals surface area contributed by atoms with Gasteiger partial charge >= 0.3 is 53.0 Å². The first kappa shape index (κ1) is 4.36. The molecule has 0 saturated carbocycles. The van der Waals surface area contributed by atoms with E-state index in [9.17, 15) is 0 Å². The van der Waals surface area contributed by atoms with Crippen LogP contribution in [-0.4, -0.2) is 2.43 Å². The molecule has 0 bridgehead atoms. The Morgan fingerprint density at radius 2 is 1.80 bits per heavy atom. The molecule has 0 fully saturated rings. The van der Waals surface area contributed by atoms with Gasteiger partial charge in [0.2, 0.25) is 0 Å². The van der Waals surface area contributed by atoms with E-state index in [1.54, 1.807) is 2.43 Å². The second kappa shape index (κ2) is 2.39. The zero-order chi connectivity index (χ0) is 3.54. The van der Waals surface area contributed by atoms with Gasteiger partial charge in [-0.05, 0) is 0 Å². The van der Waals surface area contributed by atoms with Crippen LogP contribution in [0.4, 0.5) is 0 Å². The van der Waals surface area contributed by atoms with Gasteiger partial charge in [0.25, 0.3) is 0 Å². The minimum atomic E-state index is 0.482. The Balaban J connectivity index is 2.32. The van der Waals surface area contributed by atoms with Crippen LogP contribution < -0.4 is 0 Å². The topological polar surface area (TPSA) is 0 Å². The molecule has 5 heavy (non-hydrogen) atoms. The van der Waals surface area contributed by atoms with E-state index in [-0.39, 0.29) is 0 Å². The third-order valence-electron chi connectivity index (χ3n) is 0.384. The fraction of sp³-hybridized carbons (Fsp3) is 0.333. The van der Waals surface area contributed by atoms with Crippen LogP contribution in [-0.2, 0) is 0 Å². The van der Waals surface area contributed by atoms with E-state index in [4.69, 9.17) is 0 Å². The van der Waals surface area contributed by atoms with E-state index >= 15 is 0 Å². The van der Waals surface area contributed by atoms with E-state index in [1.807, 2.05) is 0 Å². The van der Waals surface area contributed by atoms with E-state index in [2.05, 4.69) is 8.17 Å².